The second-order valence-electron chi connectivity index (χ2n) is 3.64. The Hall–Kier alpha value is 0.530. The first-order valence-corrected chi connectivity index (χ1v) is 6.89. The Morgan fingerprint density at radius 3 is 2.17 bits per heavy atom. The van der Waals surface area contributed by atoms with Crippen molar-refractivity contribution in [3.05, 3.63) is 0 Å². The van der Waals surface area contributed by atoms with Gasteiger partial charge in [-0.3, -0.25) is 5.41 Å². The van der Waals surface area contributed by atoms with Crippen molar-refractivity contribution in [2.75, 3.05) is 6.61 Å². The highest BCUT2D eigenvalue weighted by molar-refractivity contribution is 8.00. The lowest BCUT2D eigenvalue weighted by Gasteiger charge is -2.39. The van der Waals surface area contributed by atoms with E-state index in [2.05, 4.69) is 0 Å². The molecule has 1 fully saturated rings. The molecule has 1 aliphatic heterocycles. The first-order chi connectivity index (χ1) is 8.18. The van der Waals surface area contributed by atoms with Crippen LogP contribution in [0.25, 0.3) is 0 Å². The van der Waals surface area contributed by atoms with Gasteiger partial charge in [0.1, 0.15) is 12.2 Å². The number of halogens is 3. The first kappa shape index (κ1) is 16.6. The first-order valence-electron chi connectivity index (χ1n) is 4.81. The van der Waals surface area contributed by atoms with Crippen molar-refractivity contribution in [3.63, 3.8) is 0 Å². The number of ether oxygens (including phenoxy) is 1. The van der Waals surface area contributed by atoms with Gasteiger partial charge in [0.25, 0.3) is 3.79 Å². The fourth-order valence-corrected chi connectivity index (χ4v) is 2.71. The van der Waals surface area contributed by atoms with E-state index in [1.54, 1.807) is 0 Å². The topological polar surface area (TPSA) is 114 Å². The summed E-state index contributed by atoms with van der Waals surface area (Å²) in [5.74, 6) is -0.718. The third-order valence-corrected chi connectivity index (χ3v) is 4.28. The highest BCUT2D eigenvalue weighted by Crippen LogP contribution is 2.36. The highest BCUT2D eigenvalue weighted by Gasteiger charge is 2.45. The Kier molecular flexibility index (Phi) is 5.82. The van der Waals surface area contributed by atoms with E-state index in [1.807, 2.05) is 0 Å². The van der Waals surface area contributed by atoms with Gasteiger partial charge in [0.15, 0.2) is 5.44 Å². The standard InChI is InChI=1S/C8H12Cl3NO5S/c9-8(10,11)7(12)17-6-5(16)4(15)3(14)2(1-13)18-6/h2-6,12-16H,1H2/t2-,3-,4+,5-,6?/m1/s1. The molecule has 0 aromatic rings. The Morgan fingerprint density at radius 2 is 1.72 bits per heavy atom. The molecule has 1 saturated heterocycles. The maximum atomic E-state index is 9.67. The van der Waals surface area contributed by atoms with Crippen molar-refractivity contribution < 1.29 is 25.2 Å². The van der Waals surface area contributed by atoms with Gasteiger partial charge in [-0.1, -0.05) is 34.8 Å². The highest BCUT2D eigenvalue weighted by atomic mass is 35.6. The number of nitrogens with one attached hydrogen (secondary N) is 1. The third-order valence-electron chi connectivity index (χ3n) is 2.34. The van der Waals surface area contributed by atoms with Gasteiger partial charge in [-0.15, -0.1) is 11.8 Å². The van der Waals surface area contributed by atoms with Crippen molar-refractivity contribution in [2.24, 2.45) is 0 Å². The Morgan fingerprint density at radius 1 is 1.17 bits per heavy atom. The van der Waals surface area contributed by atoms with Crippen molar-refractivity contribution in [1.82, 2.24) is 0 Å². The molecule has 106 valence electrons. The monoisotopic (exact) mass is 339 g/mol. The zero-order valence-electron chi connectivity index (χ0n) is 8.83. The molecular formula is C8H12Cl3NO5S. The molecule has 18 heavy (non-hydrogen) atoms. The molecule has 0 saturated carbocycles. The molecule has 0 bridgehead atoms. The van der Waals surface area contributed by atoms with Crippen molar-refractivity contribution in [2.45, 2.75) is 32.8 Å². The summed E-state index contributed by atoms with van der Waals surface area (Å²) < 4.78 is 2.85. The summed E-state index contributed by atoms with van der Waals surface area (Å²) in [6, 6.07) is 0. The molecule has 5 atom stereocenters. The molecule has 1 rings (SSSR count). The predicted molar refractivity (Wildman–Crippen MR) is 69.4 cm³/mol. The van der Waals surface area contributed by atoms with Crippen molar-refractivity contribution in [3.8, 4) is 0 Å². The van der Waals surface area contributed by atoms with Crippen molar-refractivity contribution >= 4 is 52.5 Å². The SMILES string of the molecule is N=C(OC1S[C@H](CO)[C@@H](O)[C@H](O)[C@H]1O)C(Cl)(Cl)Cl. The number of aliphatic hydroxyl groups excluding tert-OH is 4. The van der Waals surface area contributed by atoms with Gasteiger partial charge >= 0.3 is 0 Å². The van der Waals surface area contributed by atoms with E-state index in [0.29, 0.717) is 0 Å². The number of hydrogen-bond acceptors (Lipinski definition) is 7. The van der Waals surface area contributed by atoms with E-state index in [4.69, 9.17) is 50.1 Å². The van der Waals surface area contributed by atoms with Crippen LogP contribution in [0.5, 0.6) is 0 Å². The second kappa shape index (κ2) is 6.32. The maximum Gasteiger partial charge on any atom is 0.265 e. The van der Waals surface area contributed by atoms with Crippen LogP contribution in [0.1, 0.15) is 0 Å². The molecule has 10 heteroatoms. The van der Waals surface area contributed by atoms with Crippen LogP contribution in [0.3, 0.4) is 0 Å². The summed E-state index contributed by atoms with van der Waals surface area (Å²) in [6.07, 6.45) is -4.30. The molecular weight excluding hydrogens is 329 g/mol. The van der Waals surface area contributed by atoms with E-state index < -0.39 is 45.3 Å². The molecule has 1 aliphatic rings. The summed E-state index contributed by atoms with van der Waals surface area (Å²) in [5, 5.41) is 44.4. The van der Waals surface area contributed by atoms with Crippen molar-refractivity contribution in [1.29, 1.82) is 5.41 Å². The fourth-order valence-electron chi connectivity index (χ4n) is 1.35. The molecule has 0 aromatic carbocycles. The van der Waals surface area contributed by atoms with Gasteiger partial charge < -0.3 is 25.2 Å². The van der Waals surface area contributed by atoms with E-state index in [0.717, 1.165) is 11.8 Å². The van der Waals surface area contributed by atoms with Crippen LogP contribution >= 0.6 is 46.6 Å². The van der Waals surface area contributed by atoms with Gasteiger partial charge in [0.05, 0.1) is 18.0 Å². The minimum absolute atomic E-state index is 0.434. The lowest BCUT2D eigenvalue weighted by molar-refractivity contribution is -0.0932. The quantitative estimate of drug-likeness (QED) is 0.272. The van der Waals surface area contributed by atoms with Gasteiger partial charge in [-0.05, 0) is 0 Å². The third kappa shape index (κ3) is 3.77. The average Bonchev–Trinajstić information content (AvgIpc) is 2.28. The van der Waals surface area contributed by atoms with Gasteiger partial charge in [0, 0.05) is 0 Å². The van der Waals surface area contributed by atoms with Crippen LogP contribution in [0, 0.1) is 5.41 Å². The lowest BCUT2D eigenvalue weighted by atomic mass is 10.0. The van der Waals surface area contributed by atoms with Crippen LogP contribution in [-0.2, 0) is 4.74 Å². The number of aliphatic hydroxyl groups is 4. The van der Waals surface area contributed by atoms with Gasteiger partial charge in [-0.25, -0.2) is 0 Å². The van der Waals surface area contributed by atoms with E-state index in [-0.39, 0.29) is 0 Å². The average molecular weight is 341 g/mol. The number of thioether (sulfide) groups is 1. The zero-order chi connectivity index (χ0) is 14.1. The minimum atomic E-state index is -2.09. The molecule has 0 spiro atoms. The summed E-state index contributed by atoms with van der Waals surface area (Å²) in [4.78, 5) is 0. The predicted octanol–water partition coefficient (Wildman–Crippen LogP) is -0.133. The molecule has 0 amide bonds. The fraction of sp³-hybridized carbons (Fsp3) is 0.875. The Labute approximate surface area is 122 Å². The number of rotatable bonds is 2. The Balaban J connectivity index is 2.74. The normalized spacial score (nSPS) is 37.4. The summed E-state index contributed by atoms with van der Waals surface area (Å²) >= 11 is 17.1. The maximum absolute atomic E-state index is 9.67. The molecule has 6 nitrogen and oxygen atoms in total. The molecule has 0 radical (unpaired) electrons. The minimum Gasteiger partial charge on any atom is -0.461 e. The van der Waals surface area contributed by atoms with Crippen LogP contribution < -0.4 is 0 Å². The zero-order valence-corrected chi connectivity index (χ0v) is 11.9. The lowest BCUT2D eigenvalue weighted by Crippen LogP contribution is -2.55. The largest absolute Gasteiger partial charge is 0.461 e. The molecule has 0 aliphatic carbocycles. The summed E-state index contributed by atoms with van der Waals surface area (Å²) in [5.41, 5.74) is -1.12. The van der Waals surface area contributed by atoms with E-state index in [1.165, 1.54) is 0 Å². The van der Waals surface area contributed by atoms with E-state index >= 15 is 0 Å². The van der Waals surface area contributed by atoms with Crippen LogP contribution in [0.4, 0.5) is 0 Å². The van der Waals surface area contributed by atoms with E-state index in [9.17, 15) is 15.3 Å². The molecule has 1 unspecified atom stereocenters. The summed E-state index contributed by atoms with van der Waals surface area (Å²) in [7, 11) is 0. The summed E-state index contributed by atoms with van der Waals surface area (Å²) in [6.45, 7) is -0.434. The number of hydrogen-bond donors (Lipinski definition) is 5. The van der Waals surface area contributed by atoms with Gasteiger partial charge in [0.2, 0.25) is 5.90 Å². The van der Waals surface area contributed by atoms with Crippen LogP contribution in [-0.4, -0.2) is 65.7 Å². The van der Waals surface area contributed by atoms with Gasteiger partial charge in [-0.2, -0.15) is 0 Å². The number of alkyl halides is 3. The molecule has 1 heterocycles. The molecule has 5 N–H and O–H groups in total. The second-order valence-corrected chi connectivity index (χ2v) is 7.27. The molecule has 0 aromatic heterocycles. The smallest absolute Gasteiger partial charge is 0.265 e. The Bertz CT molecular complexity index is 314. The van der Waals surface area contributed by atoms with Crippen LogP contribution in [0.15, 0.2) is 0 Å². The van der Waals surface area contributed by atoms with Crippen LogP contribution in [0.2, 0.25) is 0 Å².